The van der Waals surface area contributed by atoms with Gasteiger partial charge in [0.25, 0.3) is 0 Å². The summed E-state index contributed by atoms with van der Waals surface area (Å²) in [6.45, 7) is 1.66. The van der Waals surface area contributed by atoms with Gasteiger partial charge in [0, 0.05) is 4.90 Å². The Bertz CT molecular complexity index is 455. The number of aromatic hydroxyl groups is 1. The predicted octanol–water partition coefficient (Wildman–Crippen LogP) is 2.17. The van der Waals surface area contributed by atoms with Crippen molar-refractivity contribution >= 4 is 11.8 Å². The summed E-state index contributed by atoms with van der Waals surface area (Å²) in [5.41, 5.74) is 1.19. The molecular weight excluding hydrogens is 196 g/mol. The normalized spacial score (nSPS) is 9.14. The summed E-state index contributed by atoms with van der Waals surface area (Å²) < 4.78 is 0. The van der Waals surface area contributed by atoms with Gasteiger partial charge >= 0.3 is 0 Å². The van der Waals surface area contributed by atoms with Crippen molar-refractivity contribution < 1.29 is 5.11 Å². The lowest BCUT2D eigenvalue weighted by atomic mass is 10.0. The molecule has 0 saturated heterocycles. The van der Waals surface area contributed by atoms with Gasteiger partial charge in [0.15, 0.2) is 0 Å². The molecule has 0 heterocycles. The molecule has 0 fully saturated rings. The molecule has 0 amide bonds. The fourth-order valence-electron chi connectivity index (χ4n) is 1.21. The van der Waals surface area contributed by atoms with Gasteiger partial charge in [0.2, 0.25) is 0 Å². The SMILES string of the molecule is CSc1cc(O)c(C#N)c(C)c1C#N. The van der Waals surface area contributed by atoms with Crippen LogP contribution in [0.1, 0.15) is 16.7 Å². The van der Waals surface area contributed by atoms with Crippen molar-refractivity contribution in [2.24, 2.45) is 0 Å². The molecule has 0 aliphatic rings. The number of nitriles is 2. The number of phenolic OH excluding ortho intramolecular Hbond substituents is 1. The summed E-state index contributed by atoms with van der Waals surface area (Å²) in [6, 6.07) is 5.37. The minimum atomic E-state index is -0.0617. The van der Waals surface area contributed by atoms with Crippen molar-refractivity contribution in [2.45, 2.75) is 11.8 Å². The lowest BCUT2D eigenvalue weighted by Crippen LogP contribution is -1.92. The van der Waals surface area contributed by atoms with Crippen molar-refractivity contribution in [3.63, 3.8) is 0 Å². The Morgan fingerprint density at radius 3 is 2.29 bits per heavy atom. The van der Waals surface area contributed by atoms with E-state index in [9.17, 15) is 5.11 Å². The molecule has 4 heteroatoms. The van der Waals surface area contributed by atoms with Crippen LogP contribution in [0.4, 0.5) is 0 Å². The smallest absolute Gasteiger partial charge is 0.134 e. The molecule has 1 rings (SSSR count). The number of benzene rings is 1. The van der Waals surface area contributed by atoms with Gasteiger partial charge in [-0.25, -0.2) is 0 Å². The molecule has 0 radical (unpaired) electrons. The van der Waals surface area contributed by atoms with Crippen LogP contribution in [0.3, 0.4) is 0 Å². The monoisotopic (exact) mass is 204 g/mol. The number of nitrogens with zero attached hydrogens (tertiary/aromatic N) is 2. The van der Waals surface area contributed by atoms with E-state index in [1.165, 1.54) is 17.8 Å². The van der Waals surface area contributed by atoms with Crippen LogP contribution in [0.25, 0.3) is 0 Å². The highest BCUT2D eigenvalue weighted by Crippen LogP contribution is 2.31. The Morgan fingerprint density at radius 1 is 1.29 bits per heavy atom. The lowest BCUT2D eigenvalue weighted by molar-refractivity contribution is 0.471. The van der Waals surface area contributed by atoms with E-state index in [0.29, 0.717) is 16.0 Å². The van der Waals surface area contributed by atoms with Crippen molar-refractivity contribution in [1.82, 2.24) is 0 Å². The Hall–Kier alpha value is -1.65. The van der Waals surface area contributed by atoms with Gasteiger partial charge < -0.3 is 5.11 Å². The molecule has 0 aromatic heterocycles. The number of hydrogen-bond acceptors (Lipinski definition) is 4. The predicted molar refractivity (Wildman–Crippen MR) is 54.1 cm³/mol. The van der Waals surface area contributed by atoms with Crippen molar-refractivity contribution in [3.05, 3.63) is 22.8 Å². The number of phenols is 1. The van der Waals surface area contributed by atoms with Crippen molar-refractivity contribution in [1.29, 1.82) is 10.5 Å². The van der Waals surface area contributed by atoms with Gasteiger partial charge in [0.1, 0.15) is 17.9 Å². The quantitative estimate of drug-likeness (QED) is 0.712. The fourth-order valence-corrected chi connectivity index (χ4v) is 1.84. The molecule has 0 unspecified atom stereocenters. The van der Waals surface area contributed by atoms with Crippen LogP contribution in [0.15, 0.2) is 11.0 Å². The van der Waals surface area contributed by atoms with Crippen LogP contribution in [-0.4, -0.2) is 11.4 Å². The molecule has 70 valence electrons. The average molecular weight is 204 g/mol. The van der Waals surface area contributed by atoms with Crippen LogP contribution in [0.5, 0.6) is 5.75 Å². The van der Waals surface area contributed by atoms with Crippen LogP contribution in [-0.2, 0) is 0 Å². The zero-order valence-electron chi connectivity index (χ0n) is 7.83. The summed E-state index contributed by atoms with van der Waals surface area (Å²) in [5.74, 6) is -0.0617. The van der Waals surface area contributed by atoms with E-state index in [1.807, 2.05) is 18.4 Å². The number of thioether (sulfide) groups is 1. The summed E-state index contributed by atoms with van der Waals surface area (Å²) in [4.78, 5) is 0.696. The molecule has 3 nitrogen and oxygen atoms in total. The molecule has 0 saturated carbocycles. The van der Waals surface area contributed by atoms with Gasteiger partial charge in [-0.2, -0.15) is 10.5 Å². The first-order valence-corrected chi connectivity index (χ1v) is 5.09. The van der Waals surface area contributed by atoms with Gasteiger partial charge in [-0.1, -0.05) is 0 Å². The molecule has 1 N–H and O–H groups in total. The van der Waals surface area contributed by atoms with E-state index >= 15 is 0 Å². The van der Waals surface area contributed by atoms with Crippen molar-refractivity contribution in [3.8, 4) is 17.9 Å². The van der Waals surface area contributed by atoms with Gasteiger partial charge in [0.05, 0.1) is 11.1 Å². The first kappa shape index (κ1) is 10.4. The Kier molecular flexibility index (Phi) is 3.01. The van der Waals surface area contributed by atoms with E-state index in [0.717, 1.165) is 0 Å². The standard InChI is InChI=1S/C10H8N2OS/c1-6-7(4-11)9(13)3-10(14-2)8(6)5-12/h3,13H,1-2H3. The molecule has 1 aromatic carbocycles. The molecule has 1 aromatic rings. The third-order valence-corrected chi connectivity index (χ3v) is 2.73. The van der Waals surface area contributed by atoms with Crippen molar-refractivity contribution in [2.75, 3.05) is 6.26 Å². The topological polar surface area (TPSA) is 67.8 Å². The highest BCUT2D eigenvalue weighted by molar-refractivity contribution is 7.98. The maximum atomic E-state index is 9.48. The minimum absolute atomic E-state index is 0.0617. The maximum Gasteiger partial charge on any atom is 0.134 e. The maximum absolute atomic E-state index is 9.48. The molecule has 0 aliphatic heterocycles. The number of rotatable bonds is 1. The molecular formula is C10H8N2OS. The highest BCUT2D eigenvalue weighted by atomic mass is 32.2. The Balaban J connectivity index is 3.60. The van der Waals surface area contributed by atoms with Gasteiger partial charge in [-0.15, -0.1) is 11.8 Å². The Morgan fingerprint density at radius 2 is 1.86 bits per heavy atom. The highest BCUT2D eigenvalue weighted by Gasteiger charge is 2.13. The second-order valence-electron chi connectivity index (χ2n) is 2.70. The third-order valence-electron chi connectivity index (χ3n) is 1.96. The Labute approximate surface area is 86.6 Å². The van der Waals surface area contributed by atoms with E-state index in [4.69, 9.17) is 10.5 Å². The van der Waals surface area contributed by atoms with Crippen LogP contribution in [0, 0.1) is 29.6 Å². The van der Waals surface area contributed by atoms with E-state index in [2.05, 4.69) is 0 Å². The second kappa shape index (κ2) is 4.04. The minimum Gasteiger partial charge on any atom is -0.507 e. The van der Waals surface area contributed by atoms with E-state index in [-0.39, 0.29) is 11.3 Å². The average Bonchev–Trinajstić information content (AvgIpc) is 2.17. The van der Waals surface area contributed by atoms with Gasteiger partial charge in [-0.3, -0.25) is 0 Å². The number of hydrogen-bond donors (Lipinski definition) is 1. The zero-order chi connectivity index (χ0) is 10.7. The molecule has 0 aliphatic carbocycles. The second-order valence-corrected chi connectivity index (χ2v) is 3.54. The summed E-state index contributed by atoms with van der Waals surface area (Å²) in [6.07, 6.45) is 1.82. The molecule has 0 spiro atoms. The largest absolute Gasteiger partial charge is 0.507 e. The van der Waals surface area contributed by atoms with Gasteiger partial charge in [-0.05, 0) is 24.8 Å². The molecule has 0 atom stereocenters. The van der Waals surface area contributed by atoms with Crippen LogP contribution < -0.4 is 0 Å². The van der Waals surface area contributed by atoms with E-state index < -0.39 is 0 Å². The molecule has 0 bridgehead atoms. The molecule has 14 heavy (non-hydrogen) atoms. The fraction of sp³-hybridized carbons (Fsp3) is 0.200. The van der Waals surface area contributed by atoms with Crippen LogP contribution >= 0.6 is 11.8 Å². The van der Waals surface area contributed by atoms with E-state index in [1.54, 1.807) is 6.92 Å². The summed E-state index contributed by atoms with van der Waals surface area (Å²) >= 11 is 1.38. The summed E-state index contributed by atoms with van der Waals surface area (Å²) in [7, 11) is 0. The third kappa shape index (κ3) is 1.53. The first-order valence-electron chi connectivity index (χ1n) is 3.86. The first-order chi connectivity index (χ1) is 6.65. The zero-order valence-corrected chi connectivity index (χ0v) is 8.64. The lowest BCUT2D eigenvalue weighted by Gasteiger charge is -2.07. The summed E-state index contributed by atoms with van der Waals surface area (Å²) in [5, 5.41) is 27.1. The van der Waals surface area contributed by atoms with Crippen LogP contribution in [0.2, 0.25) is 0 Å².